The number of carbonyl (C=O) groups excluding carboxylic acids is 3. The van der Waals surface area contributed by atoms with Crippen molar-refractivity contribution < 1.29 is 14.4 Å². The molecular formula is C19H31N5O3S. The first kappa shape index (κ1) is 22.3. The summed E-state index contributed by atoms with van der Waals surface area (Å²) in [6.45, 7) is 7.34. The number of likely N-dealkylation sites (N-methyl/N-ethyl adjacent to an activating group) is 1. The van der Waals surface area contributed by atoms with Gasteiger partial charge < -0.3 is 9.80 Å². The van der Waals surface area contributed by atoms with E-state index in [0.717, 1.165) is 43.8 Å². The number of nitrogens with one attached hydrogen (secondary N) is 1. The first-order valence-electron chi connectivity index (χ1n) is 9.86. The van der Waals surface area contributed by atoms with Crippen molar-refractivity contribution in [3.63, 3.8) is 0 Å². The Morgan fingerprint density at radius 1 is 1.25 bits per heavy atom. The molecule has 2 heterocycles. The maximum atomic E-state index is 12.3. The Morgan fingerprint density at radius 2 is 1.93 bits per heavy atom. The fraction of sp³-hybridized carbons (Fsp3) is 0.737. The molecule has 1 aliphatic rings. The molecule has 3 amide bonds. The summed E-state index contributed by atoms with van der Waals surface area (Å²) < 4.78 is 0. The molecule has 1 N–H and O–H groups in total. The summed E-state index contributed by atoms with van der Waals surface area (Å²) in [6.07, 6.45) is 3.92. The van der Waals surface area contributed by atoms with Crippen molar-refractivity contribution in [2.24, 2.45) is 11.8 Å². The van der Waals surface area contributed by atoms with Crippen LogP contribution in [0, 0.1) is 11.8 Å². The minimum Gasteiger partial charge on any atom is -0.343 e. The summed E-state index contributed by atoms with van der Waals surface area (Å²) in [6, 6.07) is 0. The molecule has 1 aliphatic heterocycles. The zero-order valence-electron chi connectivity index (χ0n) is 17.2. The predicted molar refractivity (Wildman–Crippen MR) is 109 cm³/mol. The molecule has 2 rings (SSSR count). The van der Waals surface area contributed by atoms with E-state index in [4.69, 9.17) is 0 Å². The number of hydrogen-bond donors (Lipinski definition) is 1. The lowest BCUT2D eigenvalue weighted by molar-refractivity contribution is -0.134. The van der Waals surface area contributed by atoms with Crippen LogP contribution in [0.3, 0.4) is 0 Å². The lowest BCUT2D eigenvalue weighted by atomic mass is 9.92. The van der Waals surface area contributed by atoms with Crippen LogP contribution in [0.5, 0.6) is 0 Å². The highest BCUT2D eigenvalue weighted by Gasteiger charge is 2.22. The molecule has 1 saturated heterocycles. The van der Waals surface area contributed by atoms with E-state index in [-0.39, 0.29) is 24.3 Å². The zero-order valence-corrected chi connectivity index (χ0v) is 18.0. The molecule has 9 heteroatoms. The number of anilines is 1. The molecule has 156 valence electrons. The Balaban J connectivity index is 1.69. The number of hydrogen-bond acceptors (Lipinski definition) is 6. The maximum Gasteiger partial charge on any atom is 0.245 e. The van der Waals surface area contributed by atoms with Gasteiger partial charge in [-0.1, -0.05) is 25.2 Å². The monoisotopic (exact) mass is 409 g/mol. The summed E-state index contributed by atoms with van der Waals surface area (Å²) in [4.78, 5) is 39.2. The van der Waals surface area contributed by atoms with Crippen molar-refractivity contribution >= 4 is 34.2 Å². The molecule has 28 heavy (non-hydrogen) atoms. The van der Waals surface area contributed by atoms with Gasteiger partial charge >= 0.3 is 0 Å². The second kappa shape index (κ2) is 10.5. The van der Waals surface area contributed by atoms with Gasteiger partial charge in [-0.3, -0.25) is 19.7 Å². The van der Waals surface area contributed by atoms with Crippen LogP contribution < -0.4 is 5.32 Å². The van der Waals surface area contributed by atoms with Crippen LogP contribution in [0.25, 0.3) is 0 Å². The van der Waals surface area contributed by atoms with Gasteiger partial charge in [0.15, 0.2) is 0 Å². The van der Waals surface area contributed by atoms with Crippen LogP contribution in [0.4, 0.5) is 5.13 Å². The highest BCUT2D eigenvalue weighted by Crippen LogP contribution is 2.22. The average Bonchev–Trinajstić information content (AvgIpc) is 3.05. The van der Waals surface area contributed by atoms with E-state index in [2.05, 4.69) is 29.4 Å². The third-order valence-corrected chi connectivity index (χ3v) is 5.79. The van der Waals surface area contributed by atoms with Crippen molar-refractivity contribution in [2.45, 2.75) is 52.9 Å². The van der Waals surface area contributed by atoms with E-state index < -0.39 is 0 Å². The van der Waals surface area contributed by atoms with E-state index >= 15 is 0 Å². The number of amides is 3. The molecule has 1 fully saturated rings. The van der Waals surface area contributed by atoms with Gasteiger partial charge in [-0.25, -0.2) is 0 Å². The number of rotatable bonds is 8. The van der Waals surface area contributed by atoms with Gasteiger partial charge in [0.1, 0.15) is 5.01 Å². The van der Waals surface area contributed by atoms with Crippen molar-refractivity contribution in [1.82, 2.24) is 20.0 Å². The molecule has 0 spiro atoms. The van der Waals surface area contributed by atoms with E-state index in [1.807, 2.05) is 4.90 Å². The Labute approximate surface area is 170 Å². The third kappa shape index (κ3) is 7.18. The first-order chi connectivity index (χ1) is 13.2. The molecule has 0 aliphatic carbocycles. The number of likely N-dealkylation sites (tertiary alicyclic amines) is 1. The van der Waals surface area contributed by atoms with Gasteiger partial charge in [0.05, 0.1) is 6.54 Å². The summed E-state index contributed by atoms with van der Waals surface area (Å²) >= 11 is 1.37. The average molecular weight is 410 g/mol. The molecule has 0 radical (unpaired) electrons. The van der Waals surface area contributed by atoms with Gasteiger partial charge in [0, 0.05) is 39.9 Å². The number of aromatic nitrogens is 2. The number of carbonyl (C=O) groups is 3. The molecule has 0 aromatic carbocycles. The fourth-order valence-electron chi connectivity index (χ4n) is 3.25. The molecule has 1 aromatic heterocycles. The Hall–Kier alpha value is -2.03. The molecule has 0 unspecified atom stereocenters. The molecule has 8 nitrogen and oxygen atoms in total. The highest BCUT2D eigenvalue weighted by atomic mass is 32.1. The fourth-order valence-corrected chi connectivity index (χ4v) is 4.22. The summed E-state index contributed by atoms with van der Waals surface area (Å²) in [7, 11) is 1.64. The molecule has 0 saturated carbocycles. The van der Waals surface area contributed by atoms with Crippen LogP contribution in [0.15, 0.2) is 0 Å². The Morgan fingerprint density at radius 3 is 2.54 bits per heavy atom. The van der Waals surface area contributed by atoms with Crippen LogP contribution in [-0.4, -0.2) is 64.4 Å². The molecule has 0 bridgehead atoms. The second-order valence-electron chi connectivity index (χ2n) is 7.89. The predicted octanol–water partition coefficient (Wildman–Crippen LogP) is 2.17. The summed E-state index contributed by atoms with van der Waals surface area (Å²) in [5.41, 5.74) is 0. The lowest BCUT2D eigenvalue weighted by Gasteiger charge is -2.31. The van der Waals surface area contributed by atoms with Gasteiger partial charge in [-0.05, 0) is 31.1 Å². The molecule has 1 aromatic rings. The van der Waals surface area contributed by atoms with Crippen LogP contribution in [0.1, 0.15) is 51.5 Å². The van der Waals surface area contributed by atoms with E-state index in [0.29, 0.717) is 23.4 Å². The normalized spacial score (nSPS) is 15.0. The first-order valence-corrected chi connectivity index (χ1v) is 10.7. The maximum absolute atomic E-state index is 12.3. The Bertz CT molecular complexity index is 683. The van der Waals surface area contributed by atoms with Crippen molar-refractivity contribution in [2.75, 3.05) is 32.0 Å². The number of nitrogens with zero attached hydrogens (tertiary/aromatic N) is 4. The molecule has 0 atom stereocenters. The van der Waals surface area contributed by atoms with E-state index in [1.165, 1.54) is 16.2 Å². The lowest BCUT2D eigenvalue weighted by Crippen LogP contribution is -2.38. The van der Waals surface area contributed by atoms with E-state index in [1.54, 1.807) is 14.0 Å². The van der Waals surface area contributed by atoms with Crippen LogP contribution in [-0.2, 0) is 20.8 Å². The minimum absolute atomic E-state index is 0.000703. The molecular weight excluding hydrogens is 378 g/mol. The topological polar surface area (TPSA) is 95.5 Å². The van der Waals surface area contributed by atoms with Gasteiger partial charge in [-0.15, -0.1) is 10.2 Å². The van der Waals surface area contributed by atoms with Gasteiger partial charge in [0.2, 0.25) is 22.9 Å². The SMILES string of the molecule is CC(=O)N1CCC(CCC(=O)N(C)CC(=O)Nc2nnc(CC(C)C)s2)CC1. The van der Waals surface area contributed by atoms with Crippen LogP contribution in [0.2, 0.25) is 0 Å². The quantitative estimate of drug-likeness (QED) is 0.710. The summed E-state index contributed by atoms with van der Waals surface area (Å²) in [5, 5.41) is 12.1. The van der Waals surface area contributed by atoms with Gasteiger partial charge in [0.25, 0.3) is 0 Å². The van der Waals surface area contributed by atoms with Crippen molar-refractivity contribution in [1.29, 1.82) is 0 Å². The zero-order chi connectivity index (χ0) is 20.7. The van der Waals surface area contributed by atoms with Gasteiger partial charge in [-0.2, -0.15) is 0 Å². The standard InChI is InChI=1S/C19H31N5O3S/c1-13(2)11-17-21-22-19(28-17)20-16(26)12-23(4)18(27)6-5-15-7-9-24(10-8-15)14(3)25/h13,15H,5-12H2,1-4H3,(H,20,22,26). The number of piperidine rings is 1. The summed E-state index contributed by atoms with van der Waals surface area (Å²) in [5.74, 6) is 0.754. The van der Waals surface area contributed by atoms with E-state index in [9.17, 15) is 14.4 Å². The second-order valence-corrected chi connectivity index (χ2v) is 8.95. The van der Waals surface area contributed by atoms with Crippen molar-refractivity contribution in [3.05, 3.63) is 5.01 Å². The Kier molecular flexibility index (Phi) is 8.35. The van der Waals surface area contributed by atoms with Crippen LogP contribution >= 0.6 is 11.3 Å². The smallest absolute Gasteiger partial charge is 0.245 e. The third-order valence-electron chi connectivity index (χ3n) is 4.93. The highest BCUT2D eigenvalue weighted by molar-refractivity contribution is 7.15. The van der Waals surface area contributed by atoms with Crippen molar-refractivity contribution in [3.8, 4) is 0 Å². The largest absolute Gasteiger partial charge is 0.343 e. The minimum atomic E-state index is -0.266.